The predicted octanol–water partition coefficient (Wildman–Crippen LogP) is 3.67. The normalized spacial score (nSPS) is 11.4. The number of furan rings is 1. The first-order chi connectivity index (χ1) is 11.3. The van der Waals surface area contributed by atoms with E-state index in [0.717, 1.165) is 5.56 Å². The molecule has 0 saturated carbocycles. The molecule has 0 aliphatic rings. The summed E-state index contributed by atoms with van der Waals surface area (Å²) in [6.45, 7) is 0. The van der Waals surface area contributed by atoms with Gasteiger partial charge in [0.25, 0.3) is 5.91 Å². The molecule has 1 atom stereocenters. The highest BCUT2D eigenvalue weighted by Crippen LogP contribution is 2.23. The largest absolute Gasteiger partial charge is 0.467 e. The van der Waals surface area contributed by atoms with Crippen LogP contribution in [0.5, 0.6) is 0 Å². The fourth-order valence-corrected chi connectivity index (χ4v) is 2.36. The Morgan fingerprint density at radius 2 is 1.87 bits per heavy atom. The zero-order chi connectivity index (χ0) is 16.1. The van der Waals surface area contributed by atoms with Crippen LogP contribution in [0.15, 0.2) is 77.4 Å². The van der Waals surface area contributed by atoms with Crippen LogP contribution in [-0.4, -0.2) is 5.91 Å². The van der Waals surface area contributed by atoms with Gasteiger partial charge in [0.2, 0.25) is 0 Å². The first kappa shape index (κ1) is 14.6. The molecule has 3 rings (SSSR count). The molecule has 0 saturated heterocycles. The number of carbonyl (C=O) groups is 1. The first-order valence-electron chi connectivity index (χ1n) is 7.17. The number of amides is 1. The molecule has 0 aliphatic heterocycles. The number of benzene rings is 2. The molecule has 4 nitrogen and oxygen atoms in total. The maximum atomic E-state index is 12.5. The van der Waals surface area contributed by atoms with Crippen LogP contribution in [0.4, 0.5) is 0 Å². The van der Waals surface area contributed by atoms with Crippen LogP contribution in [-0.2, 0) is 0 Å². The van der Waals surface area contributed by atoms with E-state index < -0.39 is 0 Å². The highest BCUT2D eigenvalue weighted by atomic mass is 16.3. The van der Waals surface area contributed by atoms with Gasteiger partial charge >= 0.3 is 0 Å². The van der Waals surface area contributed by atoms with E-state index in [2.05, 4.69) is 5.32 Å². The molecular formula is C19H14N2O2. The third-order valence-electron chi connectivity index (χ3n) is 3.49. The average Bonchev–Trinajstić information content (AvgIpc) is 3.14. The number of hydrogen-bond donors (Lipinski definition) is 1. The lowest BCUT2D eigenvalue weighted by atomic mass is 10.0. The molecule has 0 aliphatic carbocycles. The maximum absolute atomic E-state index is 12.5. The van der Waals surface area contributed by atoms with Crippen molar-refractivity contribution in [2.75, 3.05) is 0 Å². The van der Waals surface area contributed by atoms with Crippen LogP contribution in [0.25, 0.3) is 0 Å². The van der Waals surface area contributed by atoms with Crippen molar-refractivity contribution in [1.82, 2.24) is 5.32 Å². The summed E-state index contributed by atoms with van der Waals surface area (Å²) in [5.41, 5.74) is 1.82. The molecule has 1 amide bonds. The molecule has 112 valence electrons. The fraction of sp³-hybridized carbons (Fsp3) is 0.0526. The second-order valence-corrected chi connectivity index (χ2v) is 5.03. The molecule has 1 heterocycles. The molecule has 1 aromatic heterocycles. The van der Waals surface area contributed by atoms with Crippen molar-refractivity contribution in [1.29, 1.82) is 5.26 Å². The molecule has 3 aromatic rings. The lowest BCUT2D eigenvalue weighted by Crippen LogP contribution is -2.29. The molecule has 0 fully saturated rings. The van der Waals surface area contributed by atoms with E-state index in [1.807, 2.05) is 42.5 Å². The molecule has 4 heteroatoms. The van der Waals surface area contributed by atoms with Gasteiger partial charge in [-0.2, -0.15) is 5.26 Å². The summed E-state index contributed by atoms with van der Waals surface area (Å²) in [5, 5.41) is 11.9. The van der Waals surface area contributed by atoms with Crippen molar-refractivity contribution < 1.29 is 9.21 Å². The molecule has 2 aromatic carbocycles. The summed E-state index contributed by atoms with van der Waals surface area (Å²) in [5.74, 6) is 0.397. The average molecular weight is 302 g/mol. The predicted molar refractivity (Wildman–Crippen MR) is 85.6 cm³/mol. The van der Waals surface area contributed by atoms with E-state index in [0.29, 0.717) is 16.9 Å². The third kappa shape index (κ3) is 3.30. The molecule has 0 unspecified atom stereocenters. The van der Waals surface area contributed by atoms with E-state index in [-0.39, 0.29) is 11.9 Å². The lowest BCUT2D eigenvalue weighted by molar-refractivity contribution is 0.0939. The summed E-state index contributed by atoms with van der Waals surface area (Å²) >= 11 is 0. The van der Waals surface area contributed by atoms with E-state index in [4.69, 9.17) is 9.68 Å². The first-order valence-corrected chi connectivity index (χ1v) is 7.17. The van der Waals surface area contributed by atoms with Crippen LogP contribution in [0.2, 0.25) is 0 Å². The highest BCUT2D eigenvalue weighted by Gasteiger charge is 2.20. The minimum atomic E-state index is -0.385. The zero-order valence-corrected chi connectivity index (χ0v) is 12.3. The van der Waals surface area contributed by atoms with Gasteiger partial charge in [-0.3, -0.25) is 4.79 Å². The Hall–Kier alpha value is -3.32. The molecule has 1 N–H and O–H groups in total. The van der Waals surface area contributed by atoms with E-state index >= 15 is 0 Å². The number of nitrogens with one attached hydrogen (secondary N) is 1. The quantitative estimate of drug-likeness (QED) is 0.799. The van der Waals surface area contributed by atoms with E-state index in [9.17, 15) is 4.79 Å². The van der Waals surface area contributed by atoms with Crippen LogP contribution in [0.1, 0.15) is 33.3 Å². The van der Waals surface area contributed by atoms with Gasteiger partial charge in [-0.05, 0) is 35.9 Å². The SMILES string of the molecule is N#Cc1cccc(C(=O)N[C@H](c2ccccc2)c2ccco2)c1. The van der Waals surface area contributed by atoms with Crippen molar-refractivity contribution in [3.63, 3.8) is 0 Å². The molecule has 0 bridgehead atoms. The number of rotatable bonds is 4. The summed E-state index contributed by atoms with van der Waals surface area (Å²) in [4.78, 5) is 12.5. The summed E-state index contributed by atoms with van der Waals surface area (Å²) in [7, 11) is 0. The van der Waals surface area contributed by atoms with Crippen molar-refractivity contribution in [2.45, 2.75) is 6.04 Å². The number of nitriles is 1. The van der Waals surface area contributed by atoms with Crippen molar-refractivity contribution in [3.8, 4) is 6.07 Å². The van der Waals surface area contributed by atoms with Crippen LogP contribution in [0, 0.1) is 11.3 Å². The molecule has 0 spiro atoms. The second-order valence-electron chi connectivity index (χ2n) is 5.03. The van der Waals surface area contributed by atoms with Gasteiger partial charge in [0.1, 0.15) is 11.8 Å². The van der Waals surface area contributed by atoms with Gasteiger partial charge in [-0.1, -0.05) is 36.4 Å². The summed E-state index contributed by atoms with van der Waals surface area (Å²) in [6, 6.07) is 21.5. The van der Waals surface area contributed by atoms with Crippen LogP contribution in [0.3, 0.4) is 0 Å². The standard InChI is InChI=1S/C19H14N2O2/c20-13-14-6-4-9-16(12-14)19(22)21-18(17-10-5-11-23-17)15-7-2-1-3-8-15/h1-12,18H,(H,21,22)/t18-/m1/s1. The van der Waals surface area contributed by atoms with E-state index in [1.54, 1.807) is 36.6 Å². The monoisotopic (exact) mass is 302 g/mol. The fourth-order valence-electron chi connectivity index (χ4n) is 2.36. The van der Waals surface area contributed by atoms with Gasteiger partial charge in [-0.15, -0.1) is 0 Å². The third-order valence-corrected chi connectivity index (χ3v) is 3.49. The minimum absolute atomic E-state index is 0.257. The second kappa shape index (κ2) is 6.63. The topological polar surface area (TPSA) is 66.0 Å². The number of carbonyl (C=O) groups excluding carboxylic acids is 1. The van der Waals surface area contributed by atoms with Crippen molar-refractivity contribution in [2.24, 2.45) is 0 Å². The maximum Gasteiger partial charge on any atom is 0.252 e. The zero-order valence-electron chi connectivity index (χ0n) is 12.3. The van der Waals surface area contributed by atoms with Gasteiger partial charge in [0, 0.05) is 5.56 Å². The lowest BCUT2D eigenvalue weighted by Gasteiger charge is -2.17. The Balaban J connectivity index is 1.90. The van der Waals surface area contributed by atoms with Gasteiger partial charge in [0.15, 0.2) is 0 Å². The van der Waals surface area contributed by atoms with Gasteiger partial charge in [-0.25, -0.2) is 0 Å². The highest BCUT2D eigenvalue weighted by molar-refractivity contribution is 5.95. The molecular weight excluding hydrogens is 288 g/mol. The minimum Gasteiger partial charge on any atom is -0.467 e. The Bertz CT molecular complexity index is 833. The van der Waals surface area contributed by atoms with Crippen LogP contribution >= 0.6 is 0 Å². The molecule has 0 radical (unpaired) electrons. The van der Waals surface area contributed by atoms with Crippen molar-refractivity contribution in [3.05, 3.63) is 95.4 Å². The summed E-state index contributed by atoms with van der Waals surface area (Å²) < 4.78 is 5.46. The van der Waals surface area contributed by atoms with Gasteiger partial charge in [0.05, 0.1) is 17.9 Å². The Morgan fingerprint density at radius 1 is 1.04 bits per heavy atom. The number of nitrogens with zero attached hydrogens (tertiary/aromatic N) is 1. The van der Waals surface area contributed by atoms with Crippen molar-refractivity contribution >= 4 is 5.91 Å². The number of hydrogen-bond acceptors (Lipinski definition) is 3. The Kier molecular flexibility index (Phi) is 4.21. The van der Waals surface area contributed by atoms with Gasteiger partial charge < -0.3 is 9.73 Å². The van der Waals surface area contributed by atoms with E-state index in [1.165, 1.54) is 0 Å². The summed E-state index contributed by atoms with van der Waals surface area (Å²) in [6.07, 6.45) is 1.58. The van der Waals surface area contributed by atoms with Crippen LogP contribution < -0.4 is 5.32 Å². The molecule has 23 heavy (non-hydrogen) atoms. The smallest absolute Gasteiger partial charge is 0.252 e. The Labute approximate surface area is 134 Å². The Morgan fingerprint density at radius 3 is 2.57 bits per heavy atom.